The number of hydrogen-bond donors (Lipinski definition) is 1. The van der Waals surface area contributed by atoms with Crippen LogP contribution in [0.15, 0.2) is 0 Å². The first-order chi connectivity index (χ1) is 9.69. The molecule has 112 valence electrons. The van der Waals surface area contributed by atoms with Gasteiger partial charge in [-0.25, -0.2) is 0 Å². The number of nitrogens with one attached hydrogen (secondary N) is 1. The highest BCUT2D eigenvalue weighted by molar-refractivity contribution is 9.09. The summed E-state index contributed by atoms with van der Waals surface area (Å²) in [5.74, 6) is 4.84. The summed E-state index contributed by atoms with van der Waals surface area (Å²) >= 11 is 3.70. The van der Waals surface area contributed by atoms with E-state index in [1.165, 1.54) is 51.4 Å². The predicted molar refractivity (Wildman–Crippen MR) is 83.6 cm³/mol. The molecule has 2 atom stereocenters. The molecular weight excluding hydrogens is 314 g/mol. The first-order valence-electron chi connectivity index (χ1n) is 8.60. The molecule has 5 saturated carbocycles. The Bertz CT molecular complexity index is 368. The van der Waals surface area contributed by atoms with E-state index in [1.807, 2.05) is 0 Å². The average Bonchev–Trinajstić information content (AvgIpc) is 2.81. The minimum Gasteiger partial charge on any atom is -0.356 e. The summed E-state index contributed by atoms with van der Waals surface area (Å²) in [5, 5.41) is 3.31. The van der Waals surface area contributed by atoms with E-state index in [1.54, 1.807) is 0 Å². The molecule has 5 fully saturated rings. The van der Waals surface area contributed by atoms with E-state index in [-0.39, 0.29) is 0 Å². The minimum atomic E-state index is 0.365. The smallest absolute Gasteiger partial charge is 0.223 e. The Morgan fingerprint density at radius 1 is 0.950 bits per heavy atom. The molecule has 5 rings (SSSR count). The van der Waals surface area contributed by atoms with Crippen LogP contribution in [-0.2, 0) is 4.79 Å². The van der Waals surface area contributed by atoms with Crippen molar-refractivity contribution >= 4 is 21.8 Å². The van der Waals surface area contributed by atoms with Crippen molar-refractivity contribution in [3.8, 4) is 0 Å². The van der Waals surface area contributed by atoms with Gasteiger partial charge in [0, 0.05) is 17.3 Å². The van der Waals surface area contributed by atoms with Gasteiger partial charge in [-0.3, -0.25) is 4.79 Å². The molecule has 4 bridgehead atoms. The third-order valence-electron chi connectivity index (χ3n) is 6.57. The summed E-state index contributed by atoms with van der Waals surface area (Å²) < 4.78 is 0. The van der Waals surface area contributed by atoms with Gasteiger partial charge in [0.15, 0.2) is 0 Å². The highest BCUT2D eigenvalue weighted by Crippen LogP contribution is 2.56. The van der Waals surface area contributed by atoms with Crippen molar-refractivity contribution < 1.29 is 4.79 Å². The molecule has 1 N–H and O–H groups in total. The van der Waals surface area contributed by atoms with E-state index in [4.69, 9.17) is 0 Å². The zero-order valence-electron chi connectivity index (χ0n) is 12.2. The van der Waals surface area contributed by atoms with Crippen LogP contribution in [0, 0.1) is 35.5 Å². The lowest BCUT2D eigenvalue weighted by Crippen LogP contribution is -2.51. The number of carbonyl (C=O) groups is 1. The zero-order chi connectivity index (χ0) is 13.7. The van der Waals surface area contributed by atoms with Gasteiger partial charge in [0.05, 0.1) is 0 Å². The van der Waals surface area contributed by atoms with E-state index in [0.29, 0.717) is 22.6 Å². The molecule has 1 amide bonds. The van der Waals surface area contributed by atoms with E-state index < -0.39 is 0 Å². The van der Waals surface area contributed by atoms with Crippen LogP contribution in [-0.4, -0.2) is 17.3 Å². The Labute approximate surface area is 130 Å². The summed E-state index contributed by atoms with van der Waals surface area (Å²) in [7, 11) is 0. The molecule has 0 radical (unpaired) electrons. The van der Waals surface area contributed by atoms with Crippen LogP contribution in [0.5, 0.6) is 0 Å². The van der Waals surface area contributed by atoms with Crippen molar-refractivity contribution in [2.75, 3.05) is 6.54 Å². The monoisotopic (exact) mass is 339 g/mol. The van der Waals surface area contributed by atoms with Crippen molar-refractivity contribution in [1.29, 1.82) is 0 Å². The van der Waals surface area contributed by atoms with Gasteiger partial charge in [0.1, 0.15) is 0 Å². The van der Waals surface area contributed by atoms with E-state index >= 15 is 0 Å². The summed E-state index contributed by atoms with van der Waals surface area (Å²) in [5.41, 5.74) is 0. The Morgan fingerprint density at radius 2 is 1.60 bits per heavy atom. The van der Waals surface area contributed by atoms with Gasteiger partial charge in [0.2, 0.25) is 5.91 Å². The van der Waals surface area contributed by atoms with Crippen LogP contribution >= 0.6 is 15.9 Å². The molecule has 0 aromatic rings. The molecule has 20 heavy (non-hydrogen) atoms. The molecule has 0 aromatic carbocycles. The van der Waals surface area contributed by atoms with E-state index in [9.17, 15) is 4.79 Å². The molecule has 2 nitrogen and oxygen atoms in total. The molecule has 0 heterocycles. The van der Waals surface area contributed by atoms with Crippen LogP contribution in [0.25, 0.3) is 0 Å². The standard InChI is InChI=1S/C17H26BrNO/c18-15-2-1-10(8-15)9-19-17(20)16-13-4-11-3-12(6-13)7-14(16)5-11/h10-16H,1-9H2,(H,19,20). The third-order valence-corrected chi connectivity index (χ3v) is 7.40. The molecule has 0 saturated heterocycles. The van der Waals surface area contributed by atoms with Crippen molar-refractivity contribution in [3.05, 3.63) is 0 Å². The zero-order valence-corrected chi connectivity index (χ0v) is 13.8. The van der Waals surface area contributed by atoms with Gasteiger partial charge < -0.3 is 5.32 Å². The number of amides is 1. The van der Waals surface area contributed by atoms with Crippen LogP contribution < -0.4 is 5.32 Å². The van der Waals surface area contributed by atoms with Gasteiger partial charge in [-0.2, -0.15) is 0 Å². The predicted octanol–water partition coefficient (Wildman–Crippen LogP) is 3.74. The first-order valence-corrected chi connectivity index (χ1v) is 9.52. The van der Waals surface area contributed by atoms with Gasteiger partial charge in [-0.15, -0.1) is 0 Å². The highest BCUT2D eigenvalue weighted by Gasteiger charge is 2.50. The Hall–Kier alpha value is -0.0500. The molecule has 0 spiro atoms. The lowest BCUT2D eigenvalue weighted by molar-refractivity contribution is -0.138. The fourth-order valence-corrected chi connectivity index (χ4v) is 6.71. The third kappa shape index (κ3) is 2.44. The lowest BCUT2D eigenvalue weighted by Gasteiger charge is -2.53. The number of carbonyl (C=O) groups excluding carboxylic acids is 1. The average molecular weight is 340 g/mol. The maximum Gasteiger partial charge on any atom is 0.223 e. The maximum absolute atomic E-state index is 12.6. The molecule has 3 heteroatoms. The van der Waals surface area contributed by atoms with Crippen molar-refractivity contribution in [1.82, 2.24) is 5.32 Å². The number of hydrogen-bond acceptors (Lipinski definition) is 1. The Morgan fingerprint density at radius 3 is 2.15 bits per heavy atom. The molecule has 5 aliphatic carbocycles. The Kier molecular flexibility index (Phi) is 3.60. The topological polar surface area (TPSA) is 29.1 Å². The highest BCUT2D eigenvalue weighted by atomic mass is 79.9. The van der Waals surface area contributed by atoms with Gasteiger partial charge in [0.25, 0.3) is 0 Å². The van der Waals surface area contributed by atoms with E-state index in [0.717, 1.165) is 30.2 Å². The lowest BCUT2D eigenvalue weighted by atomic mass is 9.51. The number of halogens is 1. The molecule has 0 aromatic heterocycles. The van der Waals surface area contributed by atoms with E-state index in [2.05, 4.69) is 21.2 Å². The fourth-order valence-electron chi connectivity index (χ4n) is 5.92. The summed E-state index contributed by atoms with van der Waals surface area (Å²) in [6.07, 6.45) is 10.6. The van der Waals surface area contributed by atoms with Crippen LogP contribution in [0.2, 0.25) is 0 Å². The van der Waals surface area contributed by atoms with Crippen molar-refractivity contribution in [2.24, 2.45) is 35.5 Å². The largest absolute Gasteiger partial charge is 0.356 e. The summed E-state index contributed by atoms with van der Waals surface area (Å²) in [6.45, 7) is 0.920. The second kappa shape index (κ2) is 5.30. The fraction of sp³-hybridized carbons (Fsp3) is 0.941. The molecule has 5 aliphatic rings. The summed E-state index contributed by atoms with van der Waals surface area (Å²) in [4.78, 5) is 13.3. The maximum atomic E-state index is 12.6. The van der Waals surface area contributed by atoms with Gasteiger partial charge in [-0.05, 0) is 81.0 Å². The van der Waals surface area contributed by atoms with Crippen LogP contribution in [0.4, 0.5) is 0 Å². The van der Waals surface area contributed by atoms with Crippen molar-refractivity contribution in [3.63, 3.8) is 0 Å². The number of rotatable bonds is 3. The van der Waals surface area contributed by atoms with Crippen LogP contribution in [0.1, 0.15) is 51.4 Å². The summed E-state index contributed by atoms with van der Waals surface area (Å²) in [6, 6.07) is 0. The first kappa shape index (κ1) is 13.6. The quantitative estimate of drug-likeness (QED) is 0.779. The normalized spacial score (nSPS) is 49.5. The molecular formula is C17H26BrNO. The van der Waals surface area contributed by atoms with Gasteiger partial charge >= 0.3 is 0 Å². The molecule has 2 unspecified atom stereocenters. The Balaban J connectivity index is 1.34. The minimum absolute atomic E-state index is 0.365. The SMILES string of the molecule is O=C(NCC1CCC(Br)C1)C1C2CC3CC(C2)CC1C3. The van der Waals surface area contributed by atoms with Gasteiger partial charge in [-0.1, -0.05) is 15.9 Å². The number of alkyl halides is 1. The van der Waals surface area contributed by atoms with Crippen LogP contribution in [0.3, 0.4) is 0 Å². The second-order valence-electron chi connectivity index (χ2n) is 7.98. The van der Waals surface area contributed by atoms with Crippen molar-refractivity contribution in [2.45, 2.75) is 56.2 Å². The second-order valence-corrected chi connectivity index (χ2v) is 9.27. The molecule has 0 aliphatic heterocycles.